The molecule has 0 saturated heterocycles. The number of nitrogens with one attached hydrogen (secondary N) is 1. The van der Waals surface area contributed by atoms with Gasteiger partial charge in [-0.2, -0.15) is 5.10 Å². The van der Waals surface area contributed by atoms with E-state index in [1.807, 2.05) is 36.5 Å². The van der Waals surface area contributed by atoms with Crippen molar-refractivity contribution in [2.45, 2.75) is 13.3 Å². The van der Waals surface area contributed by atoms with Crippen LogP contribution in [0, 0.1) is 0 Å². The number of aromatic nitrogens is 2. The van der Waals surface area contributed by atoms with E-state index in [0.29, 0.717) is 5.84 Å². The molecule has 1 aliphatic rings. The molecule has 4 rings (SSSR count). The third-order valence-electron chi connectivity index (χ3n) is 4.12. The second kappa shape index (κ2) is 6.65. The summed E-state index contributed by atoms with van der Waals surface area (Å²) in [5.41, 5.74) is 8.99. The fourth-order valence-corrected chi connectivity index (χ4v) is 2.77. The van der Waals surface area contributed by atoms with Crippen LogP contribution in [0.3, 0.4) is 0 Å². The summed E-state index contributed by atoms with van der Waals surface area (Å²) in [6.07, 6.45) is 8.04. The van der Waals surface area contributed by atoms with E-state index < -0.39 is 0 Å². The van der Waals surface area contributed by atoms with Crippen LogP contribution in [-0.2, 0) is 6.42 Å². The van der Waals surface area contributed by atoms with Crippen molar-refractivity contribution >= 4 is 17.2 Å². The summed E-state index contributed by atoms with van der Waals surface area (Å²) in [4.78, 5) is 13.1. The Balaban J connectivity index is 1.89. The number of pyridine rings is 2. The standard InChI is InChI=1S/C20H17N5/c1-2-14-5-6-18-17(12-14)19(16-4-3-9-22-13-16)24-25-20(23-18)15-7-10-21-11-8-15/h3-13H,2H2,1H3,(H,23,25). The van der Waals surface area contributed by atoms with Gasteiger partial charge in [0.05, 0.1) is 5.69 Å². The highest BCUT2D eigenvalue weighted by molar-refractivity contribution is 6.17. The molecule has 0 aliphatic carbocycles. The number of hydrogen-bond donors (Lipinski definition) is 1. The van der Waals surface area contributed by atoms with Gasteiger partial charge < -0.3 is 0 Å². The predicted octanol–water partition coefficient (Wildman–Crippen LogP) is 3.47. The zero-order valence-corrected chi connectivity index (χ0v) is 13.8. The van der Waals surface area contributed by atoms with Gasteiger partial charge in [0, 0.05) is 41.5 Å². The van der Waals surface area contributed by atoms with Crippen LogP contribution >= 0.6 is 0 Å². The molecule has 0 fully saturated rings. The zero-order chi connectivity index (χ0) is 17.1. The second-order valence-electron chi connectivity index (χ2n) is 5.72. The average Bonchev–Trinajstić information content (AvgIpc) is 2.88. The zero-order valence-electron chi connectivity index (χ0n) is 13.8. The van der Waals surface area contributed by atoms with Gasteiger partial charge in [0.15, 0.2) is 5.84 Å². The van der Waals surface area contributed by atoms with Crippen molar-refractivity contribution in [1.29, 1.82) is 0 Å². The number of rotatable bonds is 3. The van der Waals surface area contributed by atoms with E-state index >= 15 is 0 Å². The molecule has 5 nitrogen and oxygen atoms in total. The monoisotopic (exact) mass is 327 g/mol. The SMILES string of the molecule is CCc1ccc2c(c1)C(c1cccnc1)=NNC(c1ccncc1)=N2. The number of aryl methyl sites for hydroxylation is 1. The van der Waals surface area contributed by atoms with Gasteiger partial charge in [0.2, 0.25) is 0 Å². The van der Waals surface area contributed by atoms with Crippen LogP contribution in [-0.4, -0.2) is 21.5 Å². The molecule has 0 spiro atoms. The van der Waals surface area contributed by atoms with E-state index in [4.69, 9.17) is 4.99 Å². The molecular formula is C20H17N5. The van der Waals surface area contributed by atoms with Crippen molar-refractivity contribution in [2.24, 2.45) is 10.1 Å². The van der Waals surface area contributed by atoms with Crippen LogP contribution in [0.1, 0.15) is 29.2 Å². The Labute approximate surface area is 146 Å². The predicted molar refractivity (Wildman–Crippen MR) is 99.3 cm³/mol. The van der Waals surface area contributed by atoms with Crippen LogP contribution in [0.25, 0.3) is 0 Å². The lowest BCUT2D eigenvalue weighted by Gasteiger charge is -2.09. The molecule has 0 radical (unpaired) electrons. The first-order valence-electron chi connectivity index (χ1n) is 8.21. The van der Waals surface area contributed by atoms with Gasteiger partial charge >= 0.3 is 0 Å². The molecule has 0 atom stereocenters. The van der Waals surface area contributed by atoms with E-state index in [0.717, 1.165) is 34.5 Å². The first kappa shape index (κ1) is 15.2. The number of fused-ring (bicyclic) bond motifs is 1. The van der Waals surface area contributed by atoms with Crippen LogP contribution in [0.5, 0.6) is 0 Å². The first-order chi connectivity index (χ1) is 12.3. The van der Waals surface area contributed by atoms with E-state index in [1.165, 1.54) is 5.56 Å². The van der Waals surface area contributed by atoms with Crippen LogP contribution < -0.4 is 5.43 Å². The molecule has 5 heteroatoms. The molecule has 2 aromatic heterocycles. The summed E-state index contributed by atoms with van der Waals surface area (Å²) in [7, 11) is 0. The Morgan fingerprint density at radius 3 is 2.56 bits per heavy atom. The maximum atomic E-state index is 4.80. The third kappa shape index (κ3) is 3.04. The summed E-state index contributed by atoms with van der Waals surface area (Å²) >= 11 is 0. The molecule has 0 saturated carbocycles. The lowest BCUT2D eigenvalue weighted by Crippen LogP contribution is -2.19. The summed E-state index contributed by atoms with van der Waals surface area (Å²) < 4.78 is 0. The van der Waals surface area contributed by atoms with Gasteiger partial charge in [-0.3, -0.25) is 15.4 Å². The van der Waals surface area contributed by atoms with Crippen LogP contribution in [0.4, 0.5) is 5.69 Å². The maximum absolute atomic E-state index is 4.80. The van der Waals surface area contributed by atoms with Gasteiger partial charge in [-0.15, -0.1) is 0 Å². The van der Waals surface area contributed by atoms with Gasteiger partial charge in [-0.1, -0.05) is 13.0 Å². The van der Waals surface area contributed by atoms with Gasteiger partial charge in [-0.05, 0) is 48.4 Å². The number of hydrogen-bond acceptors (Lipinski definition) is 5. The smallest absolute Gasteiger partial charge is 0.154 e. The maximum Gasteiger partial charge on any atom is 0.154 e. The Kier molecular flexibility index (Phi) is 4.04. The lowest BCUT2D eigenvalue weighted by molar-refractivity contribution is 1.03. The topological polar surface area (TPSA) is 62.5 Å². The van der Waals surface area contributed by atoms with Crippen molar-refractivity contribution in [3.8, 4) is 0 Å². The van der Waals surface area contributed by atoms with Crippen molar-refractivity contribution < 1.29 is 0 Å². The minimum Gasteiger partial charge on any atom is -0.265 e. The molecule has 1 N–H and O–H groups in total. The molecule has 3 heterocycles. The summed E-state index contributed by atoms with van der Waals surface area (Å²) in [5.74, 6) is 0.701. The minimum atomic E-state index is 0.701. The molecule has 25 heavy (non-hydrogen) atoms. The fourth-order valence-electron chi connectivity index (χ4n) is 2.77. The Hall–Kier alpha value is -3.34. The minimum absolute atomic E-state index is 0.701. The lowest BCUT2D eigenvalue weighted by atomic mass is 9.99. The third-order valence-corrected chi connectivity index (χ3v) is 4.12. The highest BCUT2D eigenvalue weighted by Gasteiger charge is 2.17. The van der Waals surface area contributed by atoms with E-state index in [9.17, 15) is 0 Å². The molecular weight excluding hydrogens is 310 g/mol. The van der Waals surface area contributed by atoms with E-state index in [-0.39, 0.29) is 0 Å². The van der Waals surface area contributed by atoms with Crippen molar-refractivity contribution in [3.05, 3.63) is 89.5 Å². The number of benzene rings is 1. The molecule has 122 valence electrons. The largest absolute Gasteiger partial charge is 0.265 e. The van der Waals surface area contributed by atoms with Gasteiger partial charge in [0.25, 0.3) is 0 Å². The number of amidine groups is 1. The van der Waals surface area contributed by atoms with Crippen molar-refractivity contribution in [1.82, 2.24) is 15.4 Å². The Bertz CT molecular complexity index is 946. The Morgan fingerprint density at radius 2 is 1.80 bits per heavy atom. The molecule has 0 unspecified atom stereocenters. The molecule has 3 aromatic rings. The van der Waals surface area contributed by atoms with Crippen molar-refractivity contribution in [2.75, 3.05) is 0 Å². The fraction of sp³-hybridized carbons (Fsp3) is 0.100. The molecule has 0 bridgehead atoms. The van der Waals surface area contributed by atoms with Crippen molar-refractivity contribution in [3.63, 3.8) is 0 Å². The molecule has 0 amide bonds. The first-order valence-corrected chi connectivity index (χ1v) is 8.21. The number of hydrazone groups is 1. The van der Waals surface area contributed by atoms with E-state index in [2.05, 4.69) is 39.6 Å². The Morgan fingerprint density at radius 1 is 0.920 bits per heavy atom. The summed E-state index contributed by atoms with van der Waals surface area (Å²) in [6, 6.07) is 14.1. The number of aliphatic imine (C=N–C) groups is 1. The number of nitrogens with zero attached hydrogens (tertiary/aromatic N) is 4. The highest BCUT2D eigenvalue weighted by Crippen LogP contribution is 2.27. The molecule has 1 aromatic carbocycles. The normalized spacial score (nSPS) is 13.2. The summed E-state index contributed by atoms with van der Waals surface area (Å²) in [6.45, 7) is 2.14. The van der Waals surface area contributed by atoms with E-state index in [1.54, 1.807) is 18.6 Å². The summed E-state index contributed by atoms with van der Waals surface area (Å²) in [5, 5.41) is 4.64. The molecule has 1 aliphatic heterocycles. The van der Waals surface area contributed by atoms with Gasteiger partial charge in [0.1, 0.15) is 5.71 Å². The highest BCUT2D eigenvalue weighted by atomic mass is 15.3. The quantitative estimate of drug-likeness (QED) is 0.801. The average molecular weight is 327 g/mol. The second-order valence-corrected chi connectivity index (χ2v) is 5.72. The van der Waals surface area contributed by atoms with Gasteiger partial charge in [-0.25, -0.2) is 4.99 Å². The van der Waals surface area contributed by atoms with Crippen LogP contribution in [0.15, 0.2) is 77.3 Å². The van der Waals surface area contributed by atoms with Crippen LogP contribution in [0.2, 0.25) is 0 Å².